The summed E-state index contributed by atoms with van der Waals surface area (Å²) >= 11 is 0. The van der Waals surface area contributed by atoms with Gasteiger partial charge in [-0.05, 0) is 26.3 Å². The maximum absolute atomic E-state index is 12.0. The maximum Gasteiger partial charge on any atom is 0.241 e. The highest BCUT2D eigenvalue weighted by molar-refractivity contribution is 7.90. The van der Waals surface area contributed by atoms with Gasteiger partial charge in [-0.15, -0.1) is 12.4 Å². The molecule has 1 saturated heterocycles. The SMILES string of the molecule is CC(C(=O)N(C)C)S(=O)(=O)NC1CCCNC1.Cl. The van der Waals surface area contributed by atoms with Crippen LogP contribution in [0.3, 0.4) is 0 Å². The molecule has 0 aromatic rings. The molecule has 0 aliphatic carbocycles. The topological polar surface area (TPSA) is 78.5 Å². The number of halogens is 1. The quantitative estimate of drug-likeness (QED) is 0.737. The van der Waals surface area contributed by atoms with Gasteiger partial charge in [-0.3, -0.25) is 4.79 Å². The molecule has 0 aromatic carbocycles. The Bertz CT molecular complexity index is 367. The van der Waals surface area contributed by atoms with Crippen molar-refractivity contribution in [2.45, 2.75) is 31.1 Å². The summed E-state index contributed by atoms with van der Waals surface area (Å²) in [6.07, 6.45) is 1.76. The summed E-state index contributed by atoms with van der Waals surface area (Å²) < 4.78 is 26.5. The molecule has 6 nitrogen and oxygen atoms in total. The number of amides is 1. The molecule has 2 unspecified atom stereocenters. The third kappa shape index (κ3) is 4.72. The van der Waals surface area contributed by atoms with Crippen molar-refractivity contribution >= 4 is 28.3 Å². The van der Waals surface area contributed by atoms with E-state index in [1.165, 1.54) is 11.8 Å². The van der Waals surface area contributed by atoms with Crippen LogP contribution in [0, 0.1) is 0 Å². The number of piperidine rings is 1. The Morgan fingerprint density at radius 3 is 2.50 bits per heavy atom. The molecule has 2 N–H and O–H groups in total. The molecule has 108 valence electrons. The third-order valence-electron chi connectivity index (χ3n) is 2.88. The minimum Gasteiger partial charge on any atom is -0.348 e. The number of carbonyl (C=O) groups is 1. The second kappa shape index (κ2) is 7.28. The molecule has 1 heterocycles. The molecule has 0 spiro atoms. The summed E-state index contributed by atoms with van der Waals surface area (Å²) in [5.41, 5.74) is 0. The molecule has 0 radical (unpaired) electrons. The van der Waals surface area contributed by atoms with Crippen LogP contribution in [-0.4, -0.2) is 57.7 Å². The lowest BCUT2D eigenvalue weighted by molar-refractivity contribution is -0.127. The second-order valence-corrected chi connectivity index (χ2v) is 6.61. The first-order chi connectivity index (χ1) is 7.84. The average Bonchev–Trinajstić information content (AvgIpc) is 2.27. The molecular weight excluding hydrogens is 278 g/mol. The van der Waals surface area contributed by atoms with Crippen molar-refractivity contribution in [3.05, 3.63) is 0 Å². The van der Waals surface area contributed by atoms with E-state index < -0.39 is 21.2 Å². The van der Waals surface area contributed by atoms with Crippen LogP contribution in [0.15, 0.2) is 0 Å². The fourth-order valence-corrected chi connectivity index (χ4v) is 3.13. The molecular formula is C10H22ClN3O3S. The average molecular weight is 300 g/mol. The molecule has 0 saturated carbocycles. The van der Waals surface area contributed by atoms with Gasteiger partial charge in [0, 0.05) is 26.7 Å². The van der Waals surface area contributed by atoms with Crippen molar-refractivity contribution in [1.29, 1.82) is 0 Å². The summed E-state index contributed by atoms with van der Waals surface area (Å²) in [5, 5.41) is 2.08. The van der Waals surface area contributed by atoms with Crippen molar-refractivity contribution in [3.8, 4) is 0 Å². The van der Waals surface area contributed by atoms with Crippen molar-refractivity contribution in [1.82, 2.24) is 14.9 Å². The Kier molecular flexibility index (Phi) is 7.13. The van der Waals surface area contributed by atoms with Gasteiger partial charge in [0.05, 0.1) is 0 Å². The number of hydrogen-bond donors (Lipinski definition) is 2. The fraction of sp³-hybridized carbons (Fsp3) is 0.900. The summed E-state index contributed by atoms with van der Waals surface area (Å²) in [5.74, 6) is -0.402. The maximum atomic E-state index is 12.0. The largest absolute Gasteiger partial charge is 0.348 e. The lowest BCUT2D eigenvalue weighted by atomic mass is 10.1. The van der Waals surface area contributed by atoms with Gasteiger partial charge in [-0.1, -0.05) is 0 Å². The van der Waals surface area contributed by atoms with E-state index >= 15 is 0 Å². The molecule has 0 bridgehead atoms. The predicted molar refractivity (Wildman–Crippen MR) is 73.4 cm³/mol. The standard InChI is InChI=1S/C10H21N3O3S.ClH/c1-8(10(14)13(2)3)17(15,16)12-9-5-4-6-11-7-9;/h8-9,11-12H,4-7H2,1-3H3;1H. The lowest BCUT2D eigenvalue weighted by Crippen LogP contribution is -2.50. The molecule has 0 aromatic heterocycles. The van der Waals surface area contributed by atoms with Crippen LogP contribution >= 0.6 is 12.4 Å². The van der Waals surface area contributed by atoms with Gasteiger partial charge in [0.15, 0.2) is 5.25 Å². The normalized spacial score (nSPS) is 21.8. The number of nitrogens with one attached hydrogen (secondary N) is 2. The van der Waals surface area contributed by atoms with Gasteiger partial charge in [-0.2, -0.15) is 0 Å². The number of sulfonamides is 1. The van der Waals surface area contributed by atoms with Crippen LogP contribution in [-0.2, 0) is 14.8 Å². The minimum atomic E-state index is -3.59. The Morgan fingerprint density at radius 2 is 2.06 bits per heavy atom. The first-order valence-electron chi connectivity index (χ1n) is 5.77. The molecule has 1 fully saturated rings. The van der Waals surface area contributed by atoms with Crippen molar-refractivity contribution in [2.24, 2.45) is 0 Å². The van der Waals surface area contributed by atoms with E-state index in [4.69, 9.17) is 0 Å². The first-order valence-corrected chi connectivity index (χ1v) is 7.32. The van der Waals surface area contributed by atoms with Crippen LogP contribution in [0.5, 0.6) is 0 Å². The zero-order valence-electron chi connectivity index (χ0n) is 11.0. The first kappa shape index (κ1) is 17.6. The van der Waals surface area contributed by atoms with E-state index in [1.807, 2.05) is 0 Å². The Balaban J connectivity index is 0.00000289. The van der Waals surface area contributed by atoms with E-state index in [0.29, 0.717) is 6.54 Å². The molecule has 1 aliphatic heterocycles. The van der Waals surface area contributed by atoms with E-state index in [0.717, 1.165) is 19.4 Å². The van der Waals surface area contributed by atoms with E-state index in [9.17, 15) is 13.2 Å². The highest BCUT2D eigenvalue weighted by atomic mass is 35.5. The lowest BCUT2D eigenvalue weighted by Gasteiger charge is -2.25. The van der Waals surface area contributed by atoms with E-state index in [1.54, 1.807) is 14.1 Å². The number of carbonyl (C=O) groups excluding carboxylic acids is 1. The smallest absolute Gasteiger partial charge is 0.241 e. The van der Waals surface area contributed by atoms with Gasteiger partial charge in [0.1, 0.15) is 0 Å². The molecule has 1 amide bonds. The number of rotatable bonds is 4. The molecule has 1 aliphatic rings. The Hall–Kier alpha value is -0.370. The summed E-state index contributed by atoms with van der Waals surface area (Å²) in [6.45, 7) is 2.97. The monoisotopic (exact) mass is 299 g/mol. The third-order valence-corrected chi connectivity index (χ3v) is 4.68. The number of nitrogens with zero attached hydrogens (tertiary/aromatic N) is 1. The highest BCUT2D eigenvalue weighted by Crippen LogP contribution is 2.07. The predicted octanol–water partition coefficient (Wildman–Crippen LogP) is -0.444. The molecule has 2 atom stereocenters. The second-order valence-electron chi connectivity index (χ2n) is 4.58. The minimum absolute atomic E-state index is 0. The van der Waals surface area contributed by atoms with Gasteiger partial charge >= 0.3 is 0 Å². The Labute approximate surface area is 115 Å². The summed E-state index contributed by atoms with van der Waals surface area (Å²) in [4.78, 5) is 12.9. The van der Waals surface area contributed by atoms with Crippen molar-refractivity contribution < 1.29 is 13.2 Å². The van der Waals surface area contributed by atoms with Gasteiger partial charge < -0.3 is 10.2 Å². The van der Waals surface area contributed by atoms with Crippen molar-refractivity contribution in [3.63, 3.8) is 0 Å². The van der Waals surface area contributed by atoms with Crippen LogP contribution in [0.25, 0.3) is 0 Å². The molecule has 18 heavy (non-hydrogen) atoms. The summed E-state index contributed by atoms with van der Waals surface area (Å²) in [6, 6.07) is -0.105. The van der Waals surface area contributed by atoms with Gasteiger partial charge in [0.25, 0.3) is 0 Å². The highest BCUT2D eigenvalue weighted by Gasteiger charge is 2.31. The Morgan fingerprint density at radius 1 is 1.44 bits per heavy atom. The zero-order valence-corrected chi connectivity index (χ0v) is 12.6. The van der Waals surface area contributed by atoms with Crippen LogP contribution in [0.1, 0.15) is 19.8 Å². The van der Waals surface area contributed by atoms with Crippen LogP contribution in [0.4, 0.5) is 0 Å². The zero-order chi connectivity index (χ0) is 13.1. The fourth-order valence-electron chi connectivity index (χ4n) is 1.78. The molecule has 8 heteroatoms. The number of hydrogen-bond acceptors (Lipinski definition) is 4. The summed E-state index contributed by atoms with van der Waals surface area (Å²) in [7, 11) is -0.481. The van der Waals surface area contributed by atoms with Crippen LogP contribution in [0.2, 0.25) is 0 Å². The van der Waals surface area contributed by atoms with Gasteiger partial charge in [0.2, 0.25) is 15.9 Å². The van der Waals surface area contributed by atoms with E-state index in [2.05, 4.69) is 10.0 Å². The van der Waals surface area contributed by atoms with Crippen molar-refractivity contribution in [2.75, 3.05) is 27.2 Å². The van der Waals surface area contributed by atoms with E-state index in [-0.39, 0.29) is 18.4 Å². The van der Waals surface area contributed by atoms with Gasteiger partial charge in [-0.25, -0.2) is 13.1 Å². The van der Waals surface area contributed by atoms with Crippen LogP contribution < -0.4 is 10.0 Å². The molecule has 1 rings (SSSR count).